The van der Waals surface area contributed by atoms with Crippen molar-refractivity contribution in [2.75, 3.05) is 18.1 Å². The number of amides is 1. The molecular formula is C17H14FNO5. The van der Waals surface area contributed by atoms with Crippen LogP contribution < -0.4 is 9.64 Å². The number of hydrogen-bond acceptors (Lipinski definition) is 4. The van der Waals surface area contributed by atoms with E-state index in [1.807, 2.05) is 0 Å². The predicted octanol–water partition coefficient (Wildman–Crippen LogP) is 2.93. The van der Waals surface area contributed by atoms with Gasteiger partial charge in [0.1, 0.15) is 18.2 Å². The van der Waals surface area contributed by atoms with Crippen LogP contribution in [0.5, 0.6) is 5.75 Å². The van der Waals surface area contributed by atoms with Crippen LogP contribution >= 0.6 is 0 Å². The molecule has 1 fully saturated rings. The van der Waals surface area contributed by atoms with Crippen LogP contribution in [0.1, 0.15) is 10.4 Å². The molecule has 0 radical (unpaired) electrons. The maximum absolute atomic E-state index is 13.3. The highest BCUT2D eigenvalue weighted by molar-refractivity contribution is 5.89. The highest BCUT2D eigenvalue weighted by Crippen LogP contribution is 2.23. The molecule has 0 spiro atoms. The van der Waals surface area contributed by atoms with Crippen LogP contribution in [0.15, 0.2) is 48.5 Å². The van der Waals surface area contributed by atoms with Crippen molar-refractivity contribution in [1.82, 2.24) is 0 Å². The van der Waals surface area contributed by atoms with Crippen molar-refractivity contribution < 1.29 is 28.6 Å². The largest absolute Gasteiger partial charge is 0.490 e. The van der Waals surface area contributed by atoms with E-state index in [4.69, 9.17) is 14.6 Å². The SMILES string of the molecule is O=C(O)c1ccc(OCC2CN(c3cccc(F)c3)C(=O)O2)cc1. The molecule has 1 atom stereocenters. The Morgan fingerprint density at radius 2 is 2.04 bits per heavy atom. The first-order valence-electron chi connectivity index (χ1n) is 7.23. The molecule has 2 aromatic rings. The van der Waals surface area contributed by atoms with Crippen LogP contribution in [-0.4, -0.2) is 36.4 Å². The number of aromatic carboxylic acids is 1. The number of carbonyl (C=O) groups excluding carboxylic acids is 1. The van der Waals surface area contributed by atoms with Crippen molar-refractivity contribution >= 4 is 17.7 Å². The zero-order valence-electron chi connectivity index (χ0n) is 12.5. The third-order valence-corrected chi connectivity index (χ3v) is 3.53. The van der Waals surface area contributed by atoms with Crippen LogP contribution in [0.4, 0.5) is 14.9 Å². The quantitative estimate of drug-likeness (QED) is 0.911. The average Bonchev–Trinajstić information content (AvgIpc) is 2.94. The molecule has 1 aliphatic rings. The van der Waals surface area contributed by atoms with Crippen LogP contribution in [0.2, 0.25) is 0 Å². The molecule has 1 N–H and O–H groups in total. The number of cyclic esters (lactones) is 1. The number of ether oxygens (including phenoxy) is 2. The first-order chi connectivity index (χ1) is 11.5. The second kappa shape index (κ2) is 6.57. The molecular weight excluding hydrogens is 317 g/mol. The minimum Gasteiger partial charge on any atom is -0.490 e. The summed E-state index contributed by atoms with van der Waals surface area (Å²) >= 11 is 0. The van der Waals surface area contributed by atoms with E-state index >= 15 is 0 Å². The molecule has 124 valence electrons. The predicted molar refractivity (Wildman–Crippen MR) is 82.9 cm³/mol. The number of rotatable bonds is 5. The summed E-state index contributed by atoms with van der Waals surface area (Å²) in [4.78, 5) is 24.0. The fraction of sp³-hybridized carbons (Fsp3) is 0.176. The van der Waals surface area contributed by atoms with Gasteiger partial charge in [-0.2, -0.15) is 0 Å². The third-order valence-electron chi connectivity index (χ3n) is 3.53. The van der Waals surface area contributed by atoms with Crippen molar-refractivity contribution in [3.63, 3.8) is 0 Å². The second-order valence-electron chi connectivity index (χ2n) is 5.24. The summed E-state index contributed by atoms with van der Waals surface area (Å²) in [7, 11) is 0. The Morgan fingerprint density at radius 1 is 1.29 bits per heavy atom. The molecule has 1 heterocycles. The van der Waals surface area contributed by atoms with E-state index in [0.717, 1.165) is 0 Å². The van der Waals surface area contributed by atoms with E-state index < -0.39 is 24.0 Å². The molecule has 3 rings (SSSR count). The highest BCUT2D eigenvalue weighted by atomic mass is 19.1. The summed E-state index contributed by atoms with van der Waals surface area (Å²) in [5, 5.41) is 8.83. The number of halogens is 1. The van der Waals surface area contributed by atoms with Gasteiger partial charge < -0.3 is 14.6 Å². The lowest BCUT2D eigenvalue weighted by Crippen LogP contribution is -2.26. The van der Waals surface area contributed by atoms with Crippen LogP contribution in [-0.2, 0) is 4.74 Å². The lowest BCUT2D eigenvalue weighted by molar-refractivity contribution is 0.0696. The summed E-state index contributed by atoms with van der Waals surface area (Å²) in [6.07, 6.45) is -1.06. The Morgan fingerprint density at radius 3 is 2.71 bits per heavy atom. The molecule has 0 aliphatic carbocycles. The van der Waals surface area contributed by atoms with E-state index in [2.05, 4.69) is 0 Å². The number of benzene rings is 2. The molecule has 2 aromatic carbocycles. The monoisotopic (exact) mass is 331 g/mol. The number of nitrogens with zero attached hydrogens (tertiary/aromatic N) is 1. The summed E-state index contributed by atoms with van der Waals surface area (Å²) in [5.41, 5.74) is 0.584. The van der Waals surface area contributed by atoms with Gasteiger partial charge in [-0.1, -0.05) is 6.07 Å². The van der Waals surface area contributed by atoms with Crippen LogP contribution in [0.3, 0.4) is 0 Å². The fourth-order valence-corrected chi connectivity index (χ4v) is 2.35. The molecule has 7 heteroatoms. The topological polar surface area (TPSA) is 76.1 Å². The normalized spacial score (nSPS) is 16.8. The Hall–Kier alpha value is -3.09. The smallest absolute Gasteiger partial charge is 0.414 e. The first kappa shape index (κ1) is 15.8. The second-order valence-corrected chi connectivity index (χ2v) is 5.24. The van der Waals surface area contributed by atoms with Crippen molar-refractivity contribution in [1.29, 1.82) is 0 Å². The number of anilines is 1. The summed E-state index contributed by atoms with van der Waals surface area (Å²) in [6, 6.07) is 11.6. The summed E-state index contributed by atoms with van der Waals surface area (Å²) < 4.78 is 24.0. The Kier molecular flexibility index (Phi) is 4.33. The van der Waals surface area contributed by atoms with Gasteiger partial charge in [0.25, 0.3) is 0 Å². The van der Waals surface area contributed by atoms with Gasteiger partial charge in [-0.05, 0) is 42.5 Å². The van der Waals surface area contributed by atoms with Gasteiger partial charge in [-0.15, -0.1) is 0 Å². The van der Waals surface area contributed by atoms with Gasteiger partial charge in [0.15, 0.2) is 6.10 Å². The van der Waals surface area contributed by atoms with Gasteiger partial charge in [-0.25, -0.2) is 14.0 Å². The molecule has 0 bridgehead atoms. The minimum atomic E-state index is -1.02. The molecule has 1 saturated heterocycles. The summed E-state index contributed by atoms with van der Waals surface area (Å²) in [5.74, 6) is -0.976. The van der Waals surface area contributed by atoms with E-state index in [1.54, 1.807) is 6.07 Å². The van der Waals surface area contributed by atoms with Crippen molar-refractivity contribution in [2.24, 2.45) is 0 Å². The zero-order valence-corrected chi connectivity index (χ0v) is 12.5. The zero-order chi connectivity index (χ0) is 17.1. The Bertz CT molecular complexity index is 762. The molecule has 1 amide bonds. The maximum Gasteiger partial charge on any atom is 0.414 e. The number of carbonyl (C=O) groups is 2. The van der Waals surface area contributed by atoms with Gasteiger partial charge in [0.2, 0.25) is 0 Å². The van der Waals surface area contributed by atoms with Gasteiger partial charge >= 0.3 is 12.1 Å². The van der Waals surface area contributed by atoms with Gasteiger partial charge in [0, 0.05) is 0 Å². The van der Waals surface area contributed by atoms with Crippen molar-refractivity contribution in [3.8, 4) is 5.75 Å². The third kappa shape index (κ3) is 3.45. The molecule has 1 aliphatic heterocycles. The van der Waals surface area contributed by atoms with E-state index in [0.29, 0.717) is 11.4 Å². The van der Waals surface area contributed by atoms with Crippen molar-refractivity contribution in [2.45, 2.75) is 6.10 Å². The van der Waals surface area contributed by atoms with E-state index in [1.165, 1.54) is 47.4 Å². The fourth-order valence-electron chi connectivity index (χ4n) is 2.35. The van der Waals surface area contributed by atoms with E-state index in [-0.39, 0.29) is 18.7 Å². The summed E-state index contributed by atoms with van der Waals surface area (Å²) in [6.45, 7) is 0.361. The maximum atomic E-state index is 13.3. The molecule has 0 aromatic heterocycles. The lowest BCUT2D eigenvalue weighted by Gasteiger charge is -2.13. The lowest BCUT2D eigenvalue weighted by atomic mass is 10.2. The average molecular weight is 331 g/mol. The number of hydrogen-bond donors (Lipinski definition) is 1. The number of carboxylic acid groups (broad SMARTS) is 1. The highest BCUT2D eigenvalue weighted by Gasteiger charge is 2.33. The molecule has 1 unspecified atom stereocenters. The Balaban J connectivity index is 1.59. The van der Waals surface area contributed by atoms with Crippen LogP contribution in [0.25, 0.3) is 0 Å². The standard InChI is InChI=1S/C17H14FNO5/c18-12-2-1-3-13(8-12)19-9-15(24-17(19)22)10-23-14-6-4-11(5-7-14)16(20)21/h1-8,15H,9-10H2,(H,20,21). The van der Waals surface area contributed by atoms with Crippen molar-refractivity contribution in [3.05, 3.63) is 59.9 Å². The first-order valence-corrected chi connectivity index (χ1v) is 7.23. The minimum absolute atomic E-state index is 0.115. The molecule has 24 heavy (non-hydrogen) atoms. The molecule has 0 saturated carbocycles. The Labute approximate surface area is 137 Å². The molecule has 6 nitrogen and oxygen atoms in total. The van der Waals surface area contributed by atoms with Gasteiger partial charge in [0.05, 0.1) is 17.8 Å². The van der Waals surface area contributed by atoms with Gasteiger partial charge in [-0.3, -0.25) is 4.90 Å². The van der Waals surface area contributed by atoms with Crippen LogP contribution in [0, 0.1) is 5.82 Å². The number of carboxylic acids is 1. The van der Waals surface area contributed by atoms with E-state index in [9.17, 15) is 14.0 Å².